The van der Waals surface area contributed by atoms with Crippen LogP contribution in [0.4, 0.5) is 0 Å². The fourth-order valence-corrected chi connectivity index (χ4v) is 3.11. The number of hydrogen-bond acceptors (Lipinski definition) is 4. The van der Waals surface area contributed by atoms with Gasteiger partial charge in [-0.3, -0.25) is 9.78 Å². The summed E-state index contributed by atoms with van der Waals surface area (Å²) in [5.74, 6) is 0.336. The summed E-state index contributed by atoms with van der Waals surface area (Å²) in [4.78, 5) is 19.7. The van der Waals surface area contributed by atoms with Gasteiger partial charge in [-0.05, 0) is 36.8 Å². The number of carbonyl (C=O) groups excluding carboxylic acids is 1. The molecule has 1 fully saturated rings. The Kier molecular flexibility index (Phi) is 5.31. The summed E-state index contributed by atoms with van der Waals surface area (Å²) in [6.45, 7) is 1.88. The minimum Gasteiger partial charge on any atom is -0.265 e. The van der Waals surface area contributed by atoms with Gasteiger partial charge in [0.05, 0.1) is 11.9 Å². The van der Waals surface area contributed by atoms with E-state index in [0.29, 0.717) is 5.92 Å². The van der Waals surface area contributed by atoms with Crippen molar-refractivity contribution < 1.29 is 4.79 Å². The molecule has 5 heteroatoms. The first-order valence-corrected chi connectivity index (χ1v) is 8.45. The third-order valence-electron chi connectivity index (χ3n) is 4.53. The van der Waals surface area contributed by atoms with Crippen molar-refractivity contribution in [3.8, 4) is 0 Å². The molecule has 0 aliphatic heterocycles. The number of nitrogens with zero attached hydrogens (tertiary/aromatic N) is 3. The Morgan fingerprint density at radius 2 is 1.88 bits per heavy atom. The molecule has 0 atom stereocenters. The van der Waals surface area contributed by atoms with Crippen LogP contribution in [0.3, 0.4) is 0 Å². The van der Waals surface area contributed by atoms with E-state index in [0.717, 1.165) is 11.3 Å². The zero-order chi connectivity index (χ0) is 16.8. The van der Waals surface area contributed by atoms with Crippen LogP contribution >= 0.6 is 0 Å². The van der Waals surface area contributed by atoms with Crippen LogP contribution in [-0.2, 0) is 0 Å². The first kappa shape index (κ1) is 16.3. The molecule has 0 bridgehead atoms. The molecule has 0 unspecified atom stereocenters. The molecule has 5 nitrogen and oxygen atoms in total. The van der Waals surface area contributed by atoms with E-state index in [4.69, 9.17) is 0 Å². The van der Waals surface area contributed by atoms with E-state index in [2.05, 4.69) is 44.8 Å². The van der Waals surface area contributed by atoms with Crippen molar-refractivity contribution in [3.63, 3.8) is 0 Å². The van der Waals surface area contributed by atoms with Crippen LogP contribution in [0.15, 0.2) is 48.0 Å². The first-order valence-electron chi connectivity index (χ1n) is 8.45. The summed E-state index contributed by atoms with van der Waals surface area (Å²) in [6.07, 6.45) is 11.0. The molecular formula is C19H22N4O. The SMILES string of the molecule is CC(=NNC(=O)c1cnccn1)c1ccc(C2CCCCC2)cc1. The van der Waals surface area contributed by atoms with Gasteiger partial charge in [-0.2, -0.15) is 5.10 Å². The second kappa shape index (κ2) is 7.81. The molecule has 1 heterocycles. The van der Waals surface area contributed by atoms with E-state index < -0.39 is 0 Å². The van der Waals surface area contributed by atoms with Crippen LogP contribution < -0.4 is 5.43 Å². The number of nitrogens with one attached hydrogen (secondary N) is 1. The Bertz CT molecular complexity index is 704. The molecule has 124 valence electrons. The van der Waals surface area contributed by atoms with Crippen molar-refractivity contribution >= 4 is 11.6 Å². The molecule has 1 aromatic carbocycles. The molecule has 1 aliphatic carbocycles. The number of hydrogen-bond donors (Lipinski definition) is 1. The van der Waals surface area contributed by atoms with Crippen LogP contribution in [0.5, 0.6) is 0 Å². The van der Waals surface area contributed by atoms with Gasteiger partial charge >= 0.3 is 0 Å². The number of amides is 1. The van der Waals surface area contributed by atoms with Crippen LogP contribution in [0, 0.1) is 0 Å². The minimum atomic E-state index is -0.360. The highest BCUT2D eigenvalue weighted by Gasteiger charge is 2.15. The van der Waals surface area contributed by atoms with Crippen molar-refractivity contribution in [1.29, 1.82) is 0 Å². The second-order valence-corrected chi connectivity index (χ2v) is 6.19. The minimum absolute atomic E-state index is 0.252. The number of aromatic nitrogens is 2. The van der Waals surface area contributed by atoms with E-state index in [1.807, 2.05) is 6.92 Å². The van der Waals surface area contributed by atoms with E-state index >= 15 is 0 Å². The first-order chi connectivity index (χ1) is 11.7. The average molecular weight is 322 g/mol. The fourth-order valence-electron chi connectivity index (χ4n) is 3.11. The number of carbonyl (C=O) groups is 1. The molecule has 0 spiro atoms. The lowest BCUT2D eigenvalue weighted by Gasteiger charge is -2.22. The second-order valence-electron chi connectivity index (χ2n) is 6.19. The molecule has 1 saturated carbocycles. The molecular weight excluding hydrogens is 300 g/mol. The van der Waals surface area contributed by atoms with Crippen LogP contribution in [-0.4, -0.2) is 21.6 Å². The molecule has 1 N–H and O–H groups in total. The maximum absolute atomic E-state index is 11.9. The van der Waals surface area contributed by atoms with Gasteiger partial charge in [0.25, 0.3) is 5.91 Å². The zero-order valence-electron chi connectivity index (χ0n) is 13.9. The van der Waals surface area contributed by atoms with Crippen LogP contribution in [0.25, 0.3) is 0 Å². The summed E-state index contributed by atoms with van der Waals surface area (Å²) in [6, 6.07) is 8.54. The zero-order valence-corrected chi connectivity index (χ0v) is 13.9. The molecule has 1 amide bonds. The van der Waals surface area contributed by atoms with Gasteiger partial charge in [0.1, 0.15) is 5.69 Å². The van der Waals surface area contributed by atoms with Gasteiger partial charge in [-0.25, -0.2) is 10.4 Å². The highest BCUT2D eigenvalue weighted by atomic mass is 16.2. The summed E-state index contributed by atoms with van der Waals surface area (Å²) >= 11 is 0. The number of rotatable bonds is 4. The highest BCUT2D eigenvalue weighted by molar-refractivity contribution is 6.00. The summed E-state index contributed by atoms with van der Waals surface area (Å²) in [5, 5.41) is 4.16. The Balaban J connectivity index is 1.64. The van der Waals surface area contributed by atoms with Crippen molar-refractivity contribution in [2.75, 3.05) is 0 Å². The summed E-state index contributed by atoms with van der Waals surface area (Å²) in [7, 11) is 0. The van der Waals surface area contributed by atoms with E-state index in [-0.39, 0.29) is 11.6 Å². The Morgan fingerprint density at radius 3 is 2.54 bits per heavy atom. The summed E-state index contributed by atoms with van der Waals surface area (Å²) < 4.78 is 0. The fraction of sp³-hybridized carbons (Fsp3) is 0.368. The average Bonchev–Trinajstić information content (AvgIpc) is 2.67. The third kappa shape index (κ3) is 4.04. The van der Waals surface area contributed by atoms with Gasteiger partial charge in [0.2, 0.25) is 0 Å². The van der Waals surface area contributed by atoms with Gasteiger partial charge in [-0.1, -0.05) is 43.5 Å². The van der Waals surface area contributed by atoms with E-state index in [1.165, 1.54) is 56.3 Å². The predicted octanol–water partition coefficient (Wildman–Crippen LogP) is 3.68. The van der Waals surface area contributed by atoms with E-state index in [9.17, 15) is 4.79 Å². The van der Waals surface area contributed by atoms with Crippen molar-refractivity contribution in [1.82, 2.24) is 15.4 Å². The molecule has 0 radical (unpaired) electrons. The smallest absolute Gasteiger partial charge is 0.265 e. The Hall–Kier alpha value is -2.56. The standard InChI is InChI=1S/C19H22N4O/c1-14(22-23-19(24)18-13-20-11-12-21-18)15-7-9-17(10-8-15)16-5-3-2-4-6-16/h7-13,16H,2-6H2,1H3,(H,23,24). The van der Waals surface area contributed by atoms with Crippen molar-refractivity contribution in [2.45, 2.75) is 44.9 Å². The molecule has 1 aliphatic rings. The Labute approximate surface area is 142 Å². The largest absolute Gasteiger partial charge is 0.291 e. The van der Waals surface area contributed by atoms with E-state index in [1.54, 1.807) is 0 Å². The molecule has 24 heavy (non-hydrogen) atoms. The van der Waals surface area contributed by atoms with Gasteiger partial charge in [0.15, 0.2) is 0 Å². The van der Waals surface area contributed by atoms with Gasteiger partial charge in [0, 0.05) is 12.4 Å². The quantitative estimate of drug-likeness (QED) is 0.689. The maximum atomic E-state index is 11.9. The van der Waals surface area contributed by atoms with Crippen LogP contribution in [0.2, 0.25) is 0 Å². The van der Waals surface area contributed by atoms with Gasteiger partial charge < -0.3 is 0 Å². The topological polar surface area (TPSA) is 67.2 Å². The van der Waals surface area contributed by atoms with Crippen LogP contribution in [0.1, 0.15) is 66.6 Å². The monoisotopic (exact) mass is 322 g/mol. The third-order valence-corrected chi connectivity index (χ3v) is 4.53. The molecule has 3 rings (SSSR count). The molecule has 0 saturated heterocycles. The van der Waals surface area contributed by atoms with Crippen molar-refractivity contribution in [3.05, 3.63) is 59.7 Å². The highest BCUT2D eigenvalue weighted by Crippen LogP contribution is 2.32. The molecule has 2 aromatic rings. The lowest BCUT2D eigenvalue weighted by molar-refractivity contribution is 0.0949. The molecule has 1 aromatic heterocycles. The number of benzene rings is 1. The lowest BCUT2D eigenvalue weighted by atomic mass is 9.84. The maximum Gasteiger partial charge on any atom is 0.291 e. The predicted molar refractivity (Wildman–Crippen MR) is 94.0 cm³/mol. The number of hydrazone groups is 1. The Morgan fingerprint density at radius 1 is 1.12 bits per heavy atom. The summed E-state index contributed by atoms with van der Waals surface area (Å²) in [5.41, 5.74) is 5.96. The normalized spacial score (nSPS) is 16.0. The van der Waals surface area contributed by atoms with Crippen molar-refractivity contribution in [2.24, 2.45) is 5.10 Å². The van der Waals surface area contributed by atoms with Gasteiger partial charge in [-0.15, -0.1) is 0 Å². The lowest BCUT2D eigenvalue weighted by Crippen LogP contribution is -2.20.